The zero-order valence-electron chi connectivity index (χ0n) is 19.8. The van der Waals surface area contributed by atoms with Crippen molar-refractivity contribution in [3.63, 3.8) is 0 Å². The van der Waals surface area contributed by atoms with E-state index in [2.05, 4.69) is 5.32 Å². The molecule has 0 aliphatic carbocycles. The maximum absolute atomic E-state index is 13.2. The Labute approximate surface area is 210 Å². The third-order valence-electron chi connectivity index (χ3n) is 5.60. The maximum Gasteiger partial charge on any atom is 0.248 e. The van der Waals surface area contributed by atoms with E-state index in [-0.39, 0.29) is 32.8 Å². The van der Waals surface area contributed by atoms with Crippen molar-refractivity contribution >= 4 is 48.9 Å². The number of anilines is 2. The molecule has 1 saturated heterocycles. The van der Waals surface area contributed by atoms with E-state index in [0.29, 0.717) is 13.1 Å². The summed E-state index contributed by atoms with van der Waals surface area (Å²) in [5.41, 5.74) is 0.179. The molecule has 2 aromatic carbocycles. The number of methoxy groups -OCH3 is 2. The number of nitrogens with one attached hydrogen (secondary N) is 1. The molecule has 3 rings (SSSR count). The Bertz CT molecular complexity index is 1310. The van der Waals surface area contributed by atoms with Crippen LogP contribution in [0.25, 0.3) is 0 Å². The molecular weight excluding hydrogens is 518 g/mol. The number of amides is 1. The number of carbonyl (C=O) groups excluding carboxylic acids is 1. The van der Waals surface area contributed by atoms with Crippen LogP contribution in [0.2, 0.25) is 5.02 Å². The molecule has 0 saturated carbocycles. The van der Waals surface area contributed by atoms with Crippen molar-refractivity contribution in [3.05, 3.63) is 41.4 Å². The molecule has 0 radical (unpaired) electrons. The Morgan fingerprint density at radius 1 is 1.03 bits per heavy atom. The summed E-state index contributed by atoms with van der Waals surface area (Å²) in [4.78, 5) is 13.2. The predicted octanol–water partition coefficient (Wildman–Crippen LogP) is 2.93. The molecule has 1 atom stereocenters. The van der Waals surface area contributed by atoms with Gasteiger partial charge in [0.05, 0.1) is 36.7 Å². The lowest BCUT2D eigenvalue weighted by Gasteiger charge is -2.29. The van der Waals surface area contributed by atoms with Crippen LogP contribution in [0.15, 0.2) is 41.3 Å². The largest absolute Gasteiger partial charge is 0.495 e. The number of benzene rings is 2. The lowest BCUT2D eigenvalue weighted by Crippen LogP contribution is -2.45. The van der Waals surface area contributed by atoms with Gasteiger partial charge in [-0.15, -0.1) is 0 Å². The van der Waals surface area contributed by atoms with Crippen molar-refractivity contribution in [1.29, 1.82) is 0 Å². The van der Waals surface area contributed by atoms with E-state index in [9.17, 15) is 21.6 Å². The third-order valence-corrected chi connectivity index (χ3v) is 8.96. The molecule has 10 nitrogen and oxygen atoms in total. The monoisotopic (exact) mass is 545 g/mol. The summed E-state index contributed by atoms with van der Waals surface area (Å²) in [5, 5.41) is 2.87. The van der Waals surface area contributed by atoms with Crippen LogP contribution in [-0.4, -0.2) is 66.7 Å². The summed E-state index contributed by atoms with van der Waals surface area (Å²) in [7, 11) is -4.96. The van der Waals surface area contributed by atoms with Gasteiger partial charge in [-0.05, 0) is 56.2 Å². The summed E-state index contributed by atoms with van der Waals surface area (Å²) in [6.45, 7) is 2.25. The molecule has 0 bridgehead atoms. The SMILES string of the molecule is COc1ccc(S(=O)(=O)N2CCCC2)cc1NC(=O)[C@H](C)N(c1cc(Cl)ccc1OC)S(C)(=O)=O. The summed E-state index contributed by atoms with van der Waals surface area (Å²) in [6.07, 6.45) is 2.52. The first-order valence-corrected chi connectivity index (χ1v) is 14.4. The maximum atomic E-state index is 13.2. The fourth-order valence-electron chi connectivity index (χ4n) is 3.88. The van der Waals surface area contributed by atoms with Crippen molar-refractivity contribution in [2.75, 3.05) is 43.2 Å². The predicted molar refractivity (Wildman–Crippen MR) is 134 cm³/mol. The van der Waals surface area contributed by atoms with Gasteiger partial charge in [-0.25, -0.2) is 16.8 Å². The van der Waals surface area contributed by atoms with Crippen molar-refractivity contribution in [1.82, 2.24) is 4.31 Å². The van der Waals surface area contributed by atoms with Gasteiger partial charge in [0.15, 0.2) is 0 Å². The standard InChI is InChI=1S/C22H28ClN3O7S2/c1-15(26(34(4,28)29)19-13-16(23)7-9-21(19)33-3)22(27)24-18-14-17(8-10-20(18)32-2)35(30,31)25-11-5-6-12-25/h7-10,13-15H,5-6,11-12H2,1-4H3,(H,24,27)/t15-/m0/s1. The number of hydrogen-bond acceptors (Lipinski definition) is 7. The van der Waals surface area contributed by atoms with Gasteiger partial charge < -0.3 is 14.8 Å². The van der Waals surface area contributed by atoms with Crippen LogP contribution >= 0.6 is 11.6 Å². The number of ether oxygens (including phenoxy) is 2. The van der Waals surface area contributed by atoms with Crippen molar-refractivity contribution in [2.45, 2.75) is 30.7 Å². The molecule has 1 aliphatic heterocycles. The molecular formula is C22H28ClN3O7S2. The first-order valence-electron chi connectivity index (χ1n) is 10.7. The van der Waals surface area contributed by atoms with Crippen LogP contribution < -0.4 is 19.1 Å². The van der Waals surface area contributed by atoms with E-state index in [1.54, 1.807) is 0 Å². The van der Waals surface area contributed by atoms with Gasteiger partial charge in [-0.2, -0.15) is 4.31 Å². The van der Waals surface area contributed by atoms with E-state index in [1.807, 2.05) is 0 Å². The average molecular weight is 546 g/mol. The van der Waals surface area contributed by atoms with E-state index in [4.69, 9.17) is 21.1 Å². The fraction of sp³-hybridized carbons (Fsp3) is 0.409. The molecule has 0 aromatic heterocycles. The van der Waals surface area contributed by atoms with E-state index in [0.717, 1.165) is 23.4 Å². The fourth-order valence-corrected chi connectivity index (χ4v) is 6.76. The number of sulfonamides is 2. The summed E-state index contributed by atoms with van der Waals surface area (Å²) in [6, 6.07) is 7.32. The minimum absolute atomic E-state index is 0.000340. The average Bonchev–Trinajstić information content (AvgIpc) is 3.34. The molecule has 1 fully saturated rings. The molecule has 1 heterocycles. The zero-order chi connectivity index (χ0) is 26.0. The molecule has 192 valence electrons. The van der Waals surface area contributed by atoms with Crippen LogP contribution in [0, 0.1) is 0 Å². The van der Waals surface area contributed by atoms with Gasteiger partial charge in [-0.3, -0.25) is 9.10 Å². The van der Waals surface area contributed by atoms with Crippen molar-refractivity contribution < 1.29 is 31.1 Å². The summed E-state index contributed by atoms with van der Waals surface area (Å²) >= 11 is 6.08. The van der Waals surface area contributed by atoms with E-state index < -0.39 is 32.0 Å². The van der Waals surface area contributed by atoms with Crippen LogP contribution in [0.3, 0.4) is 0 Å². The van der Waals surface area contributed by atoms with Crippen molar-refractivity contribution in [3.8, 4) is 11.5 Å². The molecule has 0 unspecified atom stereocenters. The Hall–Kier alpha value is -2.54. The summed E-state index contributed by atoms with van der Waals surface area (Å²) < 4.78 is 64.2. The highest BCUT2D eigenvalue weighted by atomic mass is 35.5. The highest BCUT2D eigenvalue weighted by Gasteiger charge is 2.33. The number of halogens is 1. The van der Waals surface area contributed by atoms with Crippen LogP contribution in [0.1, 0.15) is 19.8 Å². The molecule has 1 amide bonds. The van der Waals surface area contributed by atoms with E-state index >= 15 is 0 Å². The lowest BCUT2D eigenvalue weighted by atomic mass is 10.2. The number of carbonyl (C=O) groups is 1. The molecule has 1 N–H and O–H groups in total. The highest BCUT2D eigenvalue weighted by Crippen LogP contribution is 2.35. The Morgan fingerprint density at radius 3 is 2.20 bits per heavy atom. The molecule has 0 spiro atoms. The van der Waals surface area contributed by atoms with Gasteiger partial charge in [-0.1, -0.05) is 11.6 Å². The molecule has 1 aliphatic rings. The van der Waals surface area contributed by atoms with Crippen molar-refractivity contribution in [2.24, 2.45) is 0 Å². The zero-order valence-corrected chi connectivity index (χ0v) is 22.2. The quantitative estimate of drug-likeness (QED) is 0.514. The molecule has 2 aromatic rings. The topological polar surface area (TPSA) is 122 Å². The minimum Gasteiger partial charge on any atom is -0.495 e. The number of rotatable bonds is 9. The van der Waals surface area contributed by atoms with Crippen LogP contribution in [0.5, 0.6) is 11.5 Å². The summed E-state index contributed by atoms with van der Waals surface area (Å²) in [5.74, 6) is -0.292. The number of nitrogens with zero attached hydrogens (tertiary/aromatic N) is 2. The van der Waals surface area contributed by atoms with Gasteiger partial charge in [0.1, 0.15) is 17.5 Å². The second kappa shape index (κ2) is 10.6. The first kappa shape index (κ1) is 27.1. The van der Waals surface area contributed by atoms with Crippen LogP contribution in [-0.2, 0) is 24.8 Å². The lowest BCUT2D eigenvalue weighted by molar-refractivity contribution is -0.116. The van der Waals surface area contributed by atoms with Gasteiger partial charge in [0.25, 0.3) is 0 Å². The van der Waals surface area contributed by atoms with Gasteiger partial charge in [0.2, 0.25) is 26.0 Å². The molecule has 35 heavy (non-hydrogen) atoms. The highest BCUT2D eigenvalue weighted by molar-refractivity contribution is 7.92. The Balaban J connectivity index is 1.98. The van der Waals surface area contributed by atoms with Gasteiger partial charge in [0, 0.05) is 18.1 Å². The second-order valence-corrected chi connectivity index (χ2v) is 12.2. The molecule has 13 heteroatoms. The van der Waals surface area contributed by atoms with E-state index in [1.165, 1.54) is 61.8 Å². The van der Waals surface area contributed by atoms with Crippen LogP contribution in [0.4, 0.5) is 11.4 Å². The third kappa shape index (κ3) is 5.83. The normalized spacial score (nSPS) is 15.5. The Kier molecular flexibility index (Phi) is 8.20. The minimum atomic E-state index is -3.96. The van der Waals surface area contributed by atoms with Gasteiger partial charge >= 0.3 is 0 Å². The smallest absolute Gasteiger partial charge is 0.248 e. The first-order chi connectivity index (χ1) is 16.4. The number of hydrogen-bond donors (Lipinski definition) is 1. The Morgan fingerprint density at radius 2 is 1.63 bits per heavy atom. The second-order valence-electron chi connectivity index (χ2n) is 8.01.